The monoisotopic (exact) mass is 388 g/mol. The molecule has 0 aliphatic rings. The SMILES string of the molecule is CCCOC(=O)[C@H](CC)n1cnc2sc(C)c(-c3ccc(F)cc3)c2c1=O. The number of benzene rings is 1. The molecule has 0 amide bonds. The van der Waals surface area contributed by atoms with E-state index in [1.807, 2.05) is 20.8 Å². The lowest BCUT2D eigenvalue weighted by Gasteiger charge is -2.16. The molecule has 3 aromatic rings. The van der Waals surface area contributed by atoms with Gasteiger partial charge in [0.15, 0.2) is 0 Å². The molecule has 0 aliphatic heterocycles. The normalized spacial score (nSPS) is 12.3. The molecular formula is C20H21FN2O3S. The minimum Gasteiger partial charge on any atom is -0.464 e. The van der Waals surface area contributed by atoms with E-state index < -0.39 is 12.0 Å². The van der Waals surface area contributed by atoms with E-state index in [1.54, 1.807) is 12.1 Å². The van der Waals surface area contributed by atoms with Crippen molar-refractivity contribution in [3.05, 3.63) is 51.6 Å². The van der Waals surface area contributed by atoms with E-state index in [0.717, 1.165) is 16.0 Å². The molecule has 27 heavy (non-hydrogen) atoms. The van der Waals surface area contributed by atoms with E-state index >= 15 is 0 Å². The van der Waals surface area contributed by atoms with Gasteiger partial charge in [0.1, 0.15) is 16.7 Å². The Morgan fingerprint density at radius 2 is 2.00 bits per heavy atom. The fourth-order valence-electron chi connectivity index (χ4n) is 3.08. The van der Waals surface area contributed by atoms with Crippen molar-refractivity contribution in [3.63, 3.8) is 0 Å². The van der Waals surface area contributed by atoms with Crippen molar-refractivity contribution in [1.29, 1.82) is 0 Å². The van der Waals surface area contributed by atoms with E-state index in [2.05, 4.69) is 4.98 Å². The standard InChI is InChI=1S/C20H21FN2O3S/c1-4-10-26-20(25)15(5-2)23-11-22-18-17(19(23)24)16(12(3)27-18)13-6-8-14(21)9-7-13/h6-9,11,15H,4-5,10H2,1-3H3/t15-/m0/s1. The molecule has 0 spiro atoms. The van der Waals surface area contributed by atoms with Crippen molar-refractivity contribution in [2.24, 2.45) is 0 Å². The fourth-order valence-corrected chi connectivity index (χ4v) is 4.08. The summed E-state index contributed by atoms with van der Waals surface area (Å²) in [6.07, 6.45) is 2.55. The first-order chi connectivity index (χ1) is 13.0. The zero-order valence-electron chi connectivity index (χ0n) is 15.5. The summed E-state index contributed by atoms with van der Waals surface area (Å²) in [5.74, 6) is -0.769. The highest BCUT2D eigenvalue weighted by atomic mass is 32.1. The van der Waals surface area contributed by atoms with Gasteiger partial charge < -0.3 is 4.74 Å². The van der Waals surface area contributed by atoms with Crippen LogP contribution in [-0.2, 0) is 9.53 Å². The van der Waals surface area contributed by atoms with Gasteiger partial charge in [-0.05, 0) is 37.5 Å². The Hall–Kier alpha value is -2.54. The van der Waals surface area contributed by atoms with Gasteiger partial charge in [0.25, 0.3) is 5.56 Å². The summed E-state index contributed by atoms with van der Waals surface area (Å²) in [5, 5.41) is 0.452. The molecule has 3 rings (SSSR count). The van der Waals surface area contributed by atoms with Crippen LogP contribution in [0.4, 0.5) is 4.39 Å². The van der Waals surface area contributed by atoms with Gasteiger partial charge in [-0.2, -0.15) is 0 Å². The zero-order valence-corrected chi connectivity index (χ0v) is 16.3. The van der Waals surface area contributed by atoms with Crippen LogP contribution < -0.4 is 5.56 Å². The summed E-state index contributed by atoms with van der Waals surface area (Å²) >= 11 is 1.41. The first-order valence-electron chi connectivity index (χ1n) is 8.90. The highest BCUT2D eigenvalue weighted by Gasteiger charge is 2.24. The summed E-state index contributed by atoms with van der Waals surface area (Å²) < 4.78 is 19.9. The van der Waals surface area contributed by atoms with Gasteiger partial charge in [-0.25, -0.2) is 14.2 Å². The zero-order chi connectivity index (χ0) is 19.6. The molecule has 0 saturated carbocycles. The molecule has 2 heterocycles. The van der Waals surface area contributed by atoms with Crippen molar-refractivity contribution in [3.8, 4) is 11.1 Å². The highest BCUT2D eigenvalue weighted by Crippen LogP contribution is 2.35. The van der Waals surface area contributed by atoms with E-state index in [1.165, 1.54) is 34.4 Å². The van der Waals surface area contributed by atoms with Crippen LogP contribution in [0.3, 0.4) is 0 Å². The lowest BCUT2D eigenvalue weighted by molar-refractivity contribution is -0.147. The summed E-state index contributed by atoms with van der Waals surface area (Å²) in [6.45, 7) is 5.96. The quantitative estimate of drug-likeness (QED) is 0.584. The first-order valence-corrected chi connectivity index (χ1v) is 9.72. The summed E-state index contributed by atoms with van der Waals surface area (Å²) in [6, 6.07) is 5.30. The van der Waals surface area contributed by atoms with E-state index in [9.17, 15) is 14.0 Å². The number of thiophene rings is 1. The van der Waals surface area contributed by atoms with Crippen LogP contribution in [0.15, 0.2) is 35.4 Å². The summed E-state index contributed by atoms with van der Waals surface area (Å²) in [5.41, 5.74) is 1.20. The number of aryl methyl sites for hydroxylation is 1. The molecule has 0 aliphatic carbocycles. The van der Waals surface area contributed by atoms with Gasteiger partial charge in [-0.3, -0.25) is 9.36 Å². The minimum atomic E-state index is -0.720. The molecule has 0 bridgehead atoms. The number of hydrogen-bond donors (Lipinski definition) is 0. The van der Waals surface area contributed by atoms with Crippen LogP contribution in [0.25, 0.3) is 21.3 Å². The second kappa shape index (κ2) is 8.00. The Labute approximate surface area is 160 Å². The Balaban J connectivity index is 2.16. The molecule has 0 fully saturated rings. The summed E-state index contributed by atoms with van der Waals surface area (Å²) in [4.78, 5) is 31.5. The fraction of sp³-hybridized carbons (Fsp3) is 0.350. The Morgan fingerprint density at radius 1 is 1.30 bits per heavy atom. The third-order valence-corrected chi connectivity index (χ3v) is 5.40. The van der Waals surface area contributed by atoms with Crippen LogP contribution in [0.2, 0.25) is 0 Å². The minimum absolute atomic E-state index is 0.288. The number of aromatic nitrogens is 2. The Kier molecular flexibility index (Phi) is 5.70. The van der Waals surface area contributed by atoms with Crippen molar-refractivity contribution < 1.29 is 13.9 Å². The van der Waals surface area contributed by atoms with Crippen LogP contribution in [0.5, 0.6) is 0 Å². The number of rotatable bonds is 6. The largest absolute Gasteiger partial charge is 0.464 e. The van der Waals surface area contributed by atoms with Gasteiger partial charge in [0, 0.05) is 10.4 Å². The van der Waals surface area contributed by atoms with Gasteiger partial charge >= 0.3 is 5.97 Å². The number of fused-ring (bicyclic) bond motifs is 1. The maximum absolute atomic E-state index is 13.3. The van der Waals surface area contributed by atoms with E-state index in [4.69, 9.17) is 4.74 Å². The van der Waals surface area contributed by atoms with E-state index in [-0.39, 0.29) is 11.4 Å². The van der Waals surface area contributed by atoms with Gasteiger partial charge in [-0.1, -0.05) is 26.0 Å². The van der Waals surface area contributed by atoms with Crippen molar-refractivity contribution in [1.82, 2.24) is 9.55 Å². The van der Waals surface area contributed by atoms with E-state index in [0.29, 0.717) is 29.7 Å². The van der Waals surface area contributed by atoms with Crippen molar-refractivity contribution >= 4 is 27.5 Å². The van der Waals surface area contributed by atoms with Crippen molar-refractivity contribution in [2.75, 3.05) is 6.61 Å². The summed E-state index contributed by atoms with van der Waals surface area (Å²) in [7, 11) is 0. The Bertz CT molecular complexity index is 1020. The average Bonchev–Trinajstić information content (AvgIpc) is 3.00. The van der Waals surface area contributed by atoms with Gasteiger partial charge in [0.05, 0.1) is 18.3 Å². The predicted molar refractivity (Wildman–Crippen MR) is 105 cm³/mol. The predicted octanol–water partition coefficient (Wildman–Crippen LogP) is 4.48. The average molecular weight is 388 g/mol. The molecule has 5 nitrogen and oxygen atoms in total. The number of hydrogen-bond acceptors (Lipinski definition) is 5. The molecule has 2 aromatic heterocycles. The number of esters is 1. The van der Waals surface area contributed by atoms with Gasteiger partial charge in [0.2, 0.25) is 0 Å². The smallest absolute Gasteiger partial charge is 0.329 e. The van der Waals surface area contributed by atoms with Crippen molar-refractivity contribution in [2.45, 2.75) is 39.7 Å². The number of ether oxygens (including phenoxy) is 1. The maximum Gasteiger partial charge on any atom is 0.329 e. The highest BCUT2D eigenvalue weighted by molar-refractivity contribution is 7.19. The molecule has 1 atom stereocenters. The molecule has 0 saturated heterocycles. The lowest BCUT2D eigenvalue weighted by Crippen LogP contribution is -2.31. The molecule has 142 valence electrons. The lowest BCUT2D eigenvalue weighted by atomic mass is 10.0. The van der Waals surface area contributed by atoms with Crippen LogP contribution in [0.1, 0.15) is 37.6 Å². The topological polar surface area (TPSA) is 61.2 Å². The van der Waals surface area contributed by atoms with Crippen LogP contribution >= 0.6 is 11.3 Å². The first kappa shape index (κ1) is 19.2. The molecular weight excluding hydrogens is 367 g/mol. The second-order valence-electron chi connectivity index (χ2n) is 6.27. The molecule has 0 unspecified atom stereocenters. The Morgan fingerprint density at radius 3 is 2.63 bits per heavy atom. The number of carbonyl (C=O) groups is 1. The molecule has 0 N–H and O–H groups in total. The molecule has 1 aromatic carbocycles. The second-order valence-corrected chi connectivity index (χ2v) is 7.47. The number of halogens is 1. The van der Waals surface area contributed by atoms with Crippen LogP contribution in [0, 0.1) is 12.7 Å². The van der Waals surface area contributed by atoms with Gasteiger partial charge in [-0.15, -0.1) is 11.3 Å². The van der Waals surface area contributed by atoms with Crippen LogP contribution in [-0.4, -0.2) is 22.1 Å². The molecule has 7 heteroatoms. The maximum atomic E-state index is 13.3. The third-order valence-electron chi connectivity index (χ3n) is 4.39. The number of carbonyl (C=O) groups excluding carboxylic acids is 1. The number of nitrogens with zero attached hydrogens (tertiary/aromatic N) is 2. The third kappa shape index (κ3) is 3.64. The molecule has 0 radical (unpaired) electrons.